The lowest BCUT2D eigenvalue weighted by Crippen LogP contribution is -2.49. The monoisotopic (exact) mass is 258 g/mol. The predicted octanol–water partition coefficient (Wildman–Crippen LogP) is 2.81. The van der Waals surface area contributed by atoms with E-state index in [0.717, 1.165) is 29.0 Å². The standard InChI is InChI=1S/C12H19BrO/c13-6-11(14)12-9-2-7-1-8(4-9)5-10(12)3-7/h7-12,14H,1-6H2. The summed E-state index contributed by atoms with van der Waals surface area (Å²) in [7, 11) is 0. The summed E-state index contributed by atoms with van der Waals surface area (Å²) in [5.41, 5.74) is 0. The summed E-state index contributed by atoms with van der Waals surface area (Å²) in [6, 6.07) is 0. The van der Waals surface area contributed by atoms with Gasteiger partial charge in [-0.15, -0.1) is 0 Å². The Morgan fingerprint density at radius 1 is 1.00 bits per heavy atom. The third-order valence-electron chi connectivity index (χ3n) is 4.90. The Kier molecular flexibility index (Phi) is 2.40. The van der Waals surface area contributed by atoms with Crippen molar-refractivity contribution < 1.29 is 5.11 Å². The quantitative estimate of drug-likeness (QED) is 0.756. The zero-order valence-corrected chi connectivity index (χ0v) is 10.1. The van der Waals surface area contributed by atoms with Crippen molar-refractivity contribution in [2.45, 2.75) is 38.2 Å². The Balaban J connectivity index is 1.81. The van der Waals surface area contributed by atoms with Crippen LogP contribution in [0.15, 0.2) is 0 Å². The molecular formula is C12H19BrO. The normalized spacial score (nSPS) is 52.3. The van der Waals surface area contributed by atoms with Gasteiger partial charge in [0, 0.05) is 5.33 Å². The maximum absolute atomic E-state index is 10.0. The van der Waals surface area contributed by atoms with Crippen LogP contribution >= 0.6 is 15.9 Å². The molecule has 0 aromatic heterocycles. The molecule has 1 N–H and O–H groups in total. The lowest BCUT2D eigenvalue weighted by molar-refractivity contribution is -0.0821. The van der Waals surface area contributed by atoms with Gasteiger partial charge in [-0.2, -0.15) is 0 Å². The van der Waals surface area contributed by atoms with Crippen molar-refractivity contribution in [1.29, 1.82) is 0 Å². The number of aliphatic hydroxyl groups excluding tert-OH is 1. The summed E-state index contributed by atoms with van der Waals surface area (Å²) in [6.07, 6.45) is 7.10. The lowest BCUT2D eigenvalue weighted by Gasteiger charge is -2.55. The van der Waals surface area contributed by atoms with Crippen molar-refractivity contribution in [3.05, 3.63) is 0 Å². The molecule has 80 valence electrons. The van der Waals surface area contributed by atoms with Crippen LogP contribution in [0.2, 0.25) is 0 Å². The van der Waals surface area contributed by atoms with Gasteiger partial charge in [0.25, 0.3) is 0 Å². The van der Waals surface area contributed by atoms with Crippen LogP contribution in [0.4, 0.5) is 0 Å². The highest BCUT2D eigenvalue weighted by Crippen LogP contribution is 2.57. The Morgan fingerprint density at radius 2 is 1.50 bits per heavy atom. The summed E-state index contributed by atoms with van der Waals surface area (Å²) in [4.78, 5) is 0. The van der Waals surface area contributed by atoms with Crippen LogP contribution in [-0.2, 0) is 0 Å². The molecule has 0 saturated heterocycles. The molecule has 1 unspecified atom stereocenters. The van der Waals surface area contributed by atoms with E-state index >= 15 is 0 Å². The molecule has 0 aliphatic heterocycles. The molecule has 4 saturated carbocycles. The van der Waals surface area contributed by atoms with Crippen molar-refractivity contribution in [1.82, 2.24) is 0 Å². The van der Waals surface area contributed by atoms with Gasteiger partial charge in [-0.3, -0.25) is 0 Å². The predicted molar refractivity (Wildman–Crippen MR) is 60.3 cm³/mol. The van der Waals surface area contributed by atoms with Gasteiger partial charge in [-0.05, 0) is 61.7 Å². The topological polar surface area (TPSA) is 20.2 Å². The smallest absolute Gasteiger partial charge is 0.0670 e. The number of aliphatic hydroxyl groups is 1. The van der Waals surface area contributed by atoms with Gasteiger partial charge in [-0.1, -0.05) is 15.9 Å². The summed E-state index contributed by atoms with van der Waals surface area (Å²) in [5.74, 6) is 4.40. The van der Waals surface area contributed by atoms with Crippen LogP contribution in [0.3, 0.4) is 0 Å². The lowest BCUT2D eigenvalue weighted by atomic mass is 9.51. The molecule has 0 heterocycles. The molecule has 0 aromatic carbocycles. The van der Waals surface area contributed by atoms with Crippen molar-refractivity contribution in [2.24, 2.45) is 29.6 Å². The zero-order valence-electron chi connectivity index (χ0n) is 8.53. The van der Waals surface area contributed by atoms with E-state index in [-0.39, 0.29) is 6.10 Å². The molecule has 4 fully saturated rings. The average molecular weight is 259 g/mol. The van der Waals surface area contributed by atoms with E-state index < -0.39 is 0 Å². The highest BCUT2D eigenvalue weighted by Gasteiger charge is 2.49. The largest absolute Gasteiger partial charge is 0.392 e. The Labute approximate surface area is 94.4 Å². The Hall–Kier alpha value is 0.440. The number of alkyl halides is 1. The fourth-order valence-corrected chi connectivity index (χ4v) is 5.13. The highest BCUT2D eigenvalue weighted by molar-refractivity contribution is 9.09. The number of rotatable bonds is 2. The van der Waals surface area contributed by atoms with E-state index in [1.165, 1.54) is 32.1 Å². The van der Waals surface area contributed by atoms with E-state index in [1.54, 1.807) is 0 Å². The van der Waals surface area contributed by atoms with E-state index in [2.05, 4.69) is 15.9 Å². The molecule has 4 bridgehead atoms. The molecule has 1 nitrogen and oxygen atoms in total. The first-order chi connectivity index (χ1) is 6.78. The SMILES string of the molecule is OC(CBr)C1C2CC3CC(C2)CC1C3. The van der Waals surface area contributed by atoms with Crippen LogP contribution in [0.1, 0.15) is 32.1 Å². The van der Waals surface area contributed by atoms with Crippen LogP contribution in [0.25, 0.3) is 0 Å². The molecule has 4 aliphatic carbocycles. The van der Waals surface area contributed by atoms with E-state index in [9.17, 15) is 5.11 Å². The third-order valence-corrected chi connectivity index (χ3v) is 5.57. The molecule has 0 radical (unpaired) electrons. The van der Waals surface area contributed by atoms with Crippen LogP contribution in [0.5, 0.6) is 0 Å². The summed E-state index contributed by atoms with van der Waals surface area (Å²) in [5, 5.41) is 10.8. The van der Waals surface area contributed by atoms with E-state index in [4.69, 9.17) is 0 Å². The van der Waals surface area contributed by atoms with E-state index in [0.29, 0.717) is 5.92 Å². The summed E-state index contributed by atoms with van der Waals surface area (Å²) < 4.78 is 0. The summed E-state index contributed by atoms with van der Waals surface area (Å²) >= 11 is 3.43. The summed E-state index contributed by atoms with van der Waals surface area (Å²) in [6.45, 7) is 0. The molecule has 14 heavy (non-hydrogen) atoms. The minimum absolute atomic E-state index is 0.0787. The number of hydrogen-bond acceptors (Lipinski definition) is 1. The Bertz CT molecular complexity index is 200. The third kappa shape index (κ3) is 1.37. The zero-order chi connectivity index (χ0) is 9.71. The second-order valence-electron chi connectivity index (χ2n) is 5.73. The molecular weight excluding hydrogens is 240 g/mol. The minimum Gasteiger partial charge on any atom is -0.392 e. The van der Waals surface area contributed by atoms with Crippen molar-refractivity contribution >= 4 is 15.9 Å². The maximum Gasteiger partial charge on any atom is 0.0670 e. The molecule has 0 aromatic rings. The average Bonchev–Trinajstić information content (AvgIpc) is 2.15. The molecule has 2 heteroatoms. The first-order valence-electron chi connectivity index (χ1n) is 6.02. The van der Waals surface area contributed by atoms with Crippen LogP contribution < -0.4 is 0 Å². The Morgan fingerprint density at radius 3 is 1.93 bits per heavy atom. The van der Waals surface area contributed by atoms with Crippen molar-refractivity contribution in [3.8, 4) is 0 Å². The van der Waals surface area contributed by atoms with Gasteiger partial charge in [0.1, 0.15) is 0 Å². The molecule has 0 spiro atoms. The van der Waals surface area contributed by atoms with Gasteiger partial charge < -0.3 is 5.11 Å². The molecule has 4 aliphatic rings. The van der Waals surface area contributed by atoms with Crippen LogP contribution in [-0.4, -0.2) is 16.5 Å². The second-order valence-corrected chi connectivity index (χ2v) is 6.38. The fraction of sp³-hybridized carbons (Fsp3) is 1.00. The molecule has 1 atom stereocenters. The van der Waals surface area contributed by atoms with Crippen molar-refractivity contribution in [2.75, 3.05) is 5.33 Å². The van der Waals surface area contributed by atoms with Gasteiger partial charge in [0.2, 0.25) is 0 Å². The first kappa shape index (κ1) is 9.65. The van der Waals surface area contributed by atoms with E-state index in [1.807, 2.05) is 0 Å². The minimum atomic E-state index is -0.0787. The first-order valence-corrected chi connectivity index (χ1v) is 7.14. The second kappa shape index (κ2) is 3.48. The highest BCUT2D eigenvalue weighted by atomic mass is 79.9. The fourth-order valence-electron chi connectivity index (χ4n) is 4.70. The van der Waals surface area contributed by atoms with Gasteiger partial charge in [0.05, 0.1) is 6.10 Å². The number of halogens is 1. The maximum atomic E-state index is 10.0. The van der Waals surface area contributed by atoms with Crippen molar-refractivity contribution in [3.63, 3.8) is 0 Å². The van der Waals surface area contributed by atoms with Gasteiger partial charge >= 0.3 is 0 Å². The van der Waals surface area contributed by atoms with Gasteiger partial charge in [-0.25, -0.2) is 0 Å². The van der Waals surface area contributed by atoms with Gasteiger partial charge in [0.15, 0.2) is 0 Å². The van der Waals surface area contributed by atoms with Crippen LogP contribution in [0, 0.1) is 29.6 Å². The number of hydrogen-bond donors (Lipinski definition) is 1. The molecule has 4 rings (SSSR count). The molecule has 0 amide bonds.